The summed E-state index contributed by atoms with van der Waals surface area (Å²) in [5.74, 6) is -0.318. The second kappa shape index (κ2) is 15.2. The zero-order valence-electron chi connectivity index (χ0n) is 16.3. The van der Waals surface area contributed by atoms with E-state index in [1.807, 2.05) is 0 Å². The lowest BCUT2D eigenvalue weighted by molar-refractivity contribution is -0.164. The smallest absolute Gasteiger partial charge is 0.332 e. The van der Waals surface area contributed by atoms with Crippen molar-refractivity contribution in [2.24, 2.45) is 0 Å². The normalized spacial score (nSPS) is 16.4. The highest BCUT2D eigenvalue weighted by Crippen LogP contribution is 2.13. The van der Waals surface area contributed by atoms with Gasteiger partial charge >= 0.3 is 5.97 Å². The van der Waals surface area contributed by atoms with Crippen LogP contribution < -0.4 is 5.32 Å². The lowest BCUT2D eigenvalue weighted by Crippen LogP contribution is -2.52. The molecule has 1 fully saturated rings. The summed E-state index contributed by atoms with van der Waals surface area (Å²) in [5, 5.41) is 2.70. The Kier molecular flexibility index (Phi) is 13.4. The topological polar surface area (TPSA) is 55.4 Å². The number of amides is 1. The summed E-state index contributed by atoms with van der Waals surface area (Å²) in [7, 11) is 0. The third-order valence-electron chi connectivity index (χ3n) is 5.02. The van der Waals surface area contributed by atoms with Crippen molar-refractivity contribution in [1.82, 2.24) is 5.32 Å². The van der Waals surface area contributed by atoms with Gasteiger partial charge in [0.05, 0.1) is 0 Å². The fourth-order valence-electron chi connectivity index (χ4n) is 3.26. The highest BCUT2D eigenvalue weighted by molar-refractivity contribution is 5.87. The second-order valence-corrected chi connectivity index (χ2v) is 7.45. The van der Waals surface area contributed by atoms with Gasteiger partial charge in [-0.2, -0.15) is 0 Å². The van der Waals surface area contributed by atoms with Crippen LogP contribution in [0.4, 0.5) is 0 Å². The van der Waals surface area contributed by atoms with Crippen molar-refractivity contribution in [3.05, 3.63) is 0 Å². The van der Waals surface area contributed by atoms with Crippen LogP contribution in [0.25, 0.3) is 0 Å². The lowest BCUT2D eigenvalue weighted by atomic mass is 10.0. The summed E-state index contributed by atoms with van der Waals surface area (Å²) in [5.41, 5.74) is 0. The zero-order valence-corrected chi connectivity index (χ0v) is 16.3. The summed E-state index contributed by atoms with van der Waals surface area (Å²) in [4.78, 5) is 22.5. The average Bonchev–Trinajstić information content (AvgIpc) is 2.61. The third kappa shape index (κ3) is 12.0. The Morgan fingerprint density at radius 1 is 0.840 bits per heavy atom. The number of carbonyl (C=O) groups is 2. The predicted octanol–water partition coefficient (Wildman–Crippen LogP) is 5.29. The first-order valence-electron chi connectivity index (χ1n) is 10.7. The largest absolute Gasteiger partial charge is 0.461 e. The van der Waals surface area contributed by atoms with Gasteiger partial charge in [0.25, 0.3) is 0 Å². The maximum absolute atomic E-state index is 11.6. The number of hydrogen-bond acceptors (Lipinski definition) is 3. The molecule has 1 unspecified atom stereocenters. The second-order valence-electron chi connectivity index (χ2n) is 7.45. The van der Waals surface area contributed by atoms with Gasteiger partial charge in [-0.25, -0.2) is 4.79 Å². The first kappa shape index (κ1) is 22.0. The van der Waals surface area contributed by atoms with Crippen LogP contribution in [-0.2, 0) is 14.3 Å². The highest BCUT2D eigenvalue weighted by Gasteiger charge is 2.31. The van der Waals surface area contributed by atoms with Crippen molar-refractivity contribution in [3.63, 3.8) is 0 Å². The number of unbranched alkanes of at least 4 members (excludes halogenated alkanes) is 14. The molecule has 4 heteroatoms. The predicted molar refractivity (Wildman–Crippen MR) is 102 cm³/mol. The molecule has 146 valence electrons. The summed E-state index contributed by atoms with van der Waals surface area (Å²) in [6.45, 7) is 2.61. The summed E-state index contributed by atoms with van der Waals surface area (Å²) < 4.78 is 4.62. The van der Waals surface area contributed by atoms with Gasteiger partial charge in [-0.15, -0.1) is 0 Å². The Hall–Kier alpha value is -1.06. The molecule has 0 bridgehead atoms. The van der Waals surface area contributed by atoms with E-state index in [0.29, 0.717) is 13.0 Å². The molecule has 1 amide bonds. The quantitative estimate of drug-likeness (QED) is 0.285. The molecule has 25 heavy (non-hydrogen) atoms. The monoisotopic (exact) mass is 353 g/mol. The highest BCUT2D eigenvalue weighted by atomic mass is 16.6. The molecule has 0 aromatic carbocycles. The molecule has 1 rings (SSSR count). The van der Waals surface area contributed by atoms with Crippen LogP contribution in [0.1, 0.15) is 110 Å². The van der Waals surface area contributed by atoms with Crippen LogP contribution in [0.5, 0.6) is 0 Å². The van der Waals surface area contributed by atoms with Crippen LogP contribution in [-0.4, -0.2) is 24.5 Å². The number of rotatable bonds is 17. The molecule has 1 saturated heterocycles. The molecule has 0 aromatic heterocycles. The molecule has 1 aliphatic rings. The van der Waals surface area contributed by atoms with E-state index < -0.39 is 0 Å². The zero-order chi connectivity index (χ0) is 18.2. The van der Waals surface area contributed by atoms with Crippen LogP contribution in [0.3, 0.4) is 0 Å². The summed E-state index contributed by atoms with van der Waals surface area (Å²) in [6.07, 6.45) is 20.4. The lowest BCUT2D eigenvalue weighted by Gasteiger charge is -2.25. The molecular weight excluding hydrogens is 314 g/mol. The number of cyclic esters (lactones) is 1. The summed E-state index contributed by atoms with van der Waals surface area (Å²) in [6, 6.07) is -0.385. The number of hydrogen-bond donors (Lipinski definition) is 1. The van der Waals surface area contributed by atoms with E-state index in [4.69, 9.17) is 0 Å². The Labute approximate surface area is 154 Å². The molecule has 0 radical (unpaired) electrons. The minimum Gasteiger partial charge on any atom is -0.461 e. The number of ether oxygens (including phenoxy) is 1. The van der Waals surface area contributed by atoms with Gasteiger partial charge in [-0.3, -0.25) is 4.79 Å². The first-order valence-corrected chi connectivity index (χ1v) is 10.7. The number of nitrogens with one attached hydrogen (secondary N) is 1. The minimum atomic E-state index is -0.385. The van der Waals surface area contributed by atoms with E-state index in [1.165, 1.54) is 83.5 Å². The molecule has 4 nitrogen and oxygen atoms in total. The Bertz CT molecular complexity index is 357. The van der Waals surface area contributed by atoms with Crippen LogP contribution in [0.15, 0.2) is 0 Å². The van der Waals surface area contributed by atoms with E-state index in [9.17, 15) is 9.59 Å². The maximum atomic E-state index is 11.6. The molecule has 0 spiro atoms. The Balaban J connectivity index is 1.71. The standard InChI is InChI=1S/C21H39NO3/c1-2-3-4-5-6-7-8-9-10-11-12-13-14-15-16-17-20(23)22-19-18-25-21(19)24/h19H,2-18H2,1H3,(H,22,23). The van der Waals surface area contributed by atoms with Gasteiger partial charge in [-0.1, -0.05) is 96.8 Å². The molecular formula is C21H39NO3. The molecule has 1 N–H and O–H groups in total. The minimum absolute atomic E-state index is 0.0173. The van der Waals surface area contributed by atoms with Gasteiger partial charge in [-0.05, 0) is 6.42 Å². The number of carbonyl (C=O) groups excluding carboxylic acids is 2. The van der Waals surface area contributed by atoms with Gasteiger partial charge in [0.2, 0.25) is 5.91 Å². The maximum Gasteiger partial charge on any atom is 0.332 e. The van der Waals surface area contributed by atoms with Crippen molar-refractivity contribution in [2.45, 2.75) is 116 Å². The molecule has 1 atom stereocenters. The molecule has 0 saturated carbocycles. The van der Waals surface area contributed by atoms with Crippen LogP contribution in [0.2, 0.25) is 0 Å². The van der Waals surface area contributed by atoms with Crippen LogP contribution in [0, 0.1) is 0 Å². The van der Waals surface area contributed by atoms with Gasteiger partial charge < -0.3 is 10.1 Å². The fourth-order valence-corrected chi connectivity index (χ4v) is 3.26. The van der Waals surface area contributed by atoms with Crippen molar-refractivity contribution in [1.29, 1.82) is 0 Å². The van der Waals surface area contributed by atoms with Crippen molar-refractivity contribution in [3.8, 4) is 0 Å². The molecule has 0 aliphatic carbocycles. The number of esters is 1. The van der Waals surface area contributed by atoms with E-state index in [1.54, 1.807) is 0 Å². The Morgan fingerprint density at radius 2 is 1.28 bits per heavy atom. The summed E-state index contributed by atoms with van der Waals surface area (Å²) >= 11 is 0. The first-order chi connectivity index (χ1) is 12.2. The fraction of sp³-hybridized carbons (Fsp3) is 0.905. The van der Waals surface area contributed by atoms with Crippen molar-refractivity contribution >= 4 is 11.9 Å². The third-order valence-corrected chi connectivity index (χ3v) is 5.02. The molecule has 1 aliphatic heterocycles. The van der Waals surface area contributed by atoms with Crippen molar-refractivity contribution in [2.75, 3.05) is 6.61 Å². The van der Waals surface area contributed by atoms with Crippen LogP contribution >= 0.6 is 0 Å². The SMILES string of the molecule is CCCCCCCCCCCCCCCCCC(=O)NC1COC1=O. The van der Waals surface area contributed by atoms with E-state index in [2.05, 4.69) is 17.0 Å². The van der Waals surface area contributed by atoms with Gasteiger partial charge in [0, 0.05) is 6.42 Å². The van der Waals surface area contributed by atoms with E-state index in [0.717, 1.165) is 12.8 Å². The van der Waals surface area contributed by atoms with Gasteiger partial charge in [0.15, 0.2) is 6.04 Å². The molecule has 0 aromatic rings. The van der Waals surface area contributed by atoms with Crippen molar-refractivity contribution < 1.29 is 14.3 Å². The van der Waals surface area contributed by atoms with E-state index >= 15 is 0 Å². The molecule has 1 heterocycles. The Morgan fingerprint density at radius 3 is 1.64 bits per heavy atom. The van der Waals surface area contributed by atoms with Gasteiger partial charge in [0.1, 0.15) is 6.61 Å². The average molecular weight is 354 g/mol. The van der Waals surface area contributed by atoms with E-state index in [-0.39, 0.29) is 17.9 Å².